The Labute approximate surface area is 106 Å². The van der Waals surface area contributed by atoms with Gasteiger partial charge in [0.2, 0.25) is 0 Å². The molecular formula is C13H17N3O2. The first kappa shape index (κ1) is 12.4. The third kappa shape index (κ3) is 2.16. The molecule has 0 atom stereocenters. The number of ether oxygens (including phenoxy) is 2. The van der Waals surface area contributed by atoms with Crippen LogP contribution in [0.5, 0.6) is 11.5 Å². The van der Waals surface area contributed by atoms with Gasteiger partial charge in [-0.15, -0.1) is 0 Å². The van der Waals surface area contributed by atoms with Crippen LogP contribution in [-0.2, 0) is 0 Å². The monoisotopic (exact) mass is 247 g/mol. The summed E-state index contributed by atoms with van der Waals surface area (Å²) in [4.78, 5) is 4.47. The minimum atomic E-state index is 0.298. The Morgan fingerprint density at radius 2 is 1.72 bits per heavy atom. The SMILES string of the molecule is COc1cccc(OC)c1-c1n[nH]c(C(C)C)n1. The maximum absolute atomic E-state index is 5.34. The number of hydrogen-bond acceptors (Lipinski definition) is 4. The van der Waals surface area contributed by atoms with E-state index >= 15 is 0 Å². The molecular weight excluding hydrogens is 230 g/mol. The largest absolute Gasteiger partial charge is 0.496 e. The van der Waals surface area contributed by atoms with Gasteiger partial charge in [0.25, 0.3) is 0 Å². The van der Waals surface area contributed by atoms with Crippen molar-refractivity contribution >= 4 is 0 Å². The molecule has 1 aromatic carbocycles. The maximum Gasteiger partial charge on any atom is 0.188 e. The van der Waals surface area contributed by atoms with Gasteiger partial charge in [-0.05, 0) is 12.1 Å². The summed E-state index contributed by atoms with van der Waals surface area (Å²) in [7, 11) is 3.24. The first-order chi connectivity index (χ1) is 8.67. The molecule has 18 heavy (non-hydrogen) atoms. The molecule has 2 rings (SSSR count). The fourth-order valence-electron chi connectivity index (χ4n) is 1.72. The van der Waals surface area contributed by atoms with E-state index in [-0.39, 0.29) is 0 Å². The van der Waals surface area contributed by atoms with Crippen LogP contribution in [0, 0.1) is 0 Å². The molecule has 96 valence electrons. The standard InChI is InChI=1S/C13H17N3O2/c1-8(2)12-14-13(16-15-12)11-9(17-3)6-5-7-10(11)18-4/h5-8H,1-4H3,(H,14,15,16). The van der Waals surface area contributed by atoms with Crippen LogP contribution in [0.25, 0.3) is 11.4 Å². The predicted octanol–water partition coefficient (Wildman–Crippen LogP) is 2.61. The highest BCUT2D eigenvalue weighted by atomic mass is 16.5. The lowest BCUT2D eigenvalue weighted by Crippen LogP contribution is -1.94. The topological polar surface area (TPSA) is 60.0 Å². The molecule has 0 unspecified atom stereocenters. The van der Waals surface area contributed by atoms with Crippen LogP contribution in [0.1, 0.15) is 25.6 Å². The van der Waals surface area contributed by atoms with Gasteiger partial charge in [0.1, 0.15) is 22.9 Å². The van der Waals surface area contributed by atoms with Crippen LogP contribution >= 0.6 is 0 Å². The molecule has 0 saturated carbocycles. The fourth-order valence-corrected chi connectivity index (χ4v) is 1.72. The average molecular weight is 247 g/mol. The van der Waals surface area contributed by atoms with Crippen molar-refractivity contribution in [3.05, 3.63) is 24.0 Å². The van der Waals surface area contributed by atoms with Gasteiger partial charge in [-0.1, -0.05) is 19.9 Å². The van der Waals surface area contributed by atoms with Gasteiger partial charge in [0, 0.05) is 5.92 Å². The second kappa shape index (κ2) is 5.08. The number of H-pyrrole nitrogens is 1. The summed E-state index contributed by atoms with van der Waals surface area (Å²) in [5.41, 5.74) is 0.769. The molecule has 5 heteroatoms. The van der Waals surface area contributed by atoms with Gasteiger partial charge in [-0.25, -0.2) is 4.98 Å². The minimum absolute atomic E-state index is 0.298. The lowest BCUT2D eigenvalue weighted by atomic mass is 10.1. The summed E-state index contributed by atoms with van der Waals surface area (Å²) in [6.07, 6.45) is 0. The second-order valence-electron chi connectivity index (χ2n) is 4.24. The Kier molecular flexibility index (Phi) is 3.50. The predicted molar refractivity (Wildman–Crippen MR) is 69.0 cm³/mol. The van der Waals surface area contributed by atoms with E-state index in [1.807, 2.05) is 18.2 Å². The smallest absolute Gasteiger partial charge is 0.188 e. The van der Waals surface area contributed by atoms with Crippen molar-refractivity contribution in [1.82, 2.24) is 15.2 Å². The van der Waals surface area contributed by atoms with Gasteiger partial charge in [0.15, 0.2) is 5.82 Å². The van der Waals surface area contributed by atoms with Crippen LogP contribution in [0.15, 0.2) is 18.2 Å². The van der Waals surface area contributed by atoms with Crippen molar-refractivity contribution in [3.8, 4) is 22.9 Å². The quantitative estimate of drug-likeness (QED) is 0.902. The molecule has 0 aliphatic carbocycles. The van der Waals surface area contributed by atoms with Crippen LogP contribution in [-0.4, -0.2) is 29.4 Å². The molecule has 1 heterocycles. The summed E-state index contributed by atoms with van der Waals surface area (Å²) in [6.45, 7) is 4.12. The number of aromatic amines is 1. The Morgan fingerprint density at radius 3 is 2.17 bits per heavy atom. The van der Waals surface area contributed by atoms with Gasteiger partial charge < -0.3 is 9.47 Å². The summed E-state index contributed by atoms with van der Waals surface area (Å²) in [5.74, 6) is 3.13. The highest BCUT2D eigenvalue weighted by molar-refractivity contribution is 5.71. The number of benzene rings is 1. The second-order valence-corrected chi connectivity index (χ2v) is 4.24. The van der Waals surface area contributed by atoms with E-state index in [0.29, 0.717) is 23.2 Å². The number of aromatic nitrogens is 3. The van der Waals surface area contributed by atoms with E-state index in [1.54, 1.807) is 14.2 Å². The third-order valence-corrected chi connectivity index (χ3v) is 2.70. The normalized spacial score (nSPS) is 10.7. The summed E-state index contributed by atoms with van der Waals surface area (Å²) in [5, 5.41) is 7.16. The zero-order chi connectivity index (χ0) is 13.1. The van der Waals surface area contributed by atoms with Crippen molar-refractivity contribution < 1.29 is 9.47 Å². The summed E-state index contributed by atoms with van der Waals surface area (Å²) in [6, 6.07) is 5.60. The molecule has 1 aromatic heterocycles. The Balaban J connectivity index is 2.54. The van der Waals surface area contributed by atoms with Gasteiger partial charge in [0.05, 0.1) is 14.2 Å². The molecule has 0 saturated heterocycles. The van der Waals surface area contributed by atoms with Gasteiger partial charge in [-0.2, -0.15) is 5.10 Å². The van der Waals surface area contributed by atoms with Gasteiger partial charge >= 0.3 is 0 Å². The first-order valence-corrected chi connectivity index (χ1v) is 5.81. The molecule has 0 bridgehead atoms. The number of methoxy groups -OCH3 is 2. The molecule has 5 nitrogen and oxygen atoms in total. The number of nitrogens with zero attached hydrogens (tertiary/aromatic N) is 2. The number of rotatable bonds is 4. The van der Waals surface area contributed by atoms with E-state index in [0.717, 1.165) is 11.4 Å². The van der Waals surface area contributed by atoms with Crippen LogP contribution in [0.4, 0.5) is 0 Å². The molecule has 0 aliphatic rings. The van der Waals surface area contributed by atoms with Crippen molar-refractivity contribution in [2.24, 2.45) is 0 Å². The van der Waals surface area contributed by atoms with Crippen LogP contribution in [0.2, 0.25) is 0 Å². The molecule has 0 radical (unpaired) electrons. The maximum atomic E-state index is 5.34. The zero-order valence-corrected chi connectivity index (χ0v) is 11.0. The highest BCUT2D eigenvalue weighted by Gasteiger charge is 2.17. The van der Waals surface area contributed by atoms with Crippen LogP contribution < -0.4 is 9.47 Å². The lowest BCUT2D eigenvalue weighted by Gasteiger charge is -2.09. The van der Waals surface area contributed by atoms with E-state index in [1.165, 1.54) is 0 Å². The first-order valence-electron chi connectivity index (χ1n) is 5.81. The Bertz CT molecular complexity index is 513. The highest BCUT2D eigenvalue weighted by Crippen LogP contribution is 2.36. The van der Waals surface area contributed by atoms with E-state index in [2.05, 4.69) is 29.0 Å². The molecule has 2 aromatic rings. The molecule has 0 aliphatic heterocycles. The molecule has 0 spiro atoms. The summed E-state index contributed by atoms with van der Waals surface area (Å²) < 4.78 is 10.7. The van der Waals surface area contributed by atoms with Crippen molar-refractivity contribution in [2.45, 2.75) is 19.8 Å². The van der Waals surface area contributed by atoms with E-state index in [4.69, 9.17) is 9.47 Å². The molecule has 0 amide bonds. The van der Waals surface area contributed by atoms with Crippen LogP contribution in [0.3, 0.4) is 0 Å². The minimum Gasteiger partial charge on any atom is -0.496 e. The Hall–Kier alpha value is -2.04. The molecule has 1 N–H and O–H groups in total. The summed E-state index contributed by atoms with van der Waals surface area (Å²) >= 11 is 0. The van der Waals surface area contributed by atoms with Crippen molar-refractivity contribution in [2.75, 3.05) is 14.2 Å². The fraction of sp³-hybridized carbons (Fsp3) is 0.385. The van der Waals surface area contributed by atoms with Crippen molar-refractivity contribution in [3.63, 3.8) is 0 Å². The Morgan fingerprint density at radius 1 is 1.11 bits per heavy atom. The average Bonchev–Trinajstić information content (AvgIpc) is 2.87. The zero-order valence-electron chi connectivity index (χ0n) is 11.0. The number of nitrogens with one attached hydrogen (secondary N) is 1. The molecule has 0 fully saturated rings. The van der Waals surface area contributed by atoms with E-state index in [9.17, 15) is 0 Å². The van der Waals surface area contributed by atoms with E-state index < -0.39 is 0 Å². The third-order valence-electron chi connectivity index (χ3n) is 2.70. The van der Waals surface area contributed by atoms with Gasteiger partial charge in [-0.3, -0.25) is 5.10 Å². The van der Waals surface area contributed by atoms with Crippen molar-refractivity contribution in [1.29, 1.82) is 0 Å². The number of hydrogen-bond donors (Lipinski definition) is 1. The lowest BCUT2D eigenvalue weighted by molar-refractivity contribution is 0.397.